The molecule has 0 bridgehead atoms. The highest BCUT2D eigenvalue weighted by Crippen LogP contribution is 2.37. The molecule has 6 nitrogen and oxygen atoms in total. The van der Waals surface area contributed by atoms with Crippen LogP contribution in [0.5, 0.6) is 0 Å². The molecule has 3 aromatic rings. The molecule has 5 rings (SSSR count). The third kappa shape index (κ3) is 5.22. The molecular formula is C27H29ClN4O2S. The fourth-order valence-electron chi connectivity index (χ4n) is 5.09. The van der Waals surface area contributed by atoms with Crippen LogP contribution in [0.4, 0.5) is 10.5 Å². The predicted molar refractivity (Wildman–Crippen MR) is 141 cm³/mol. The second-order valence-corrected chi connectivity index (χ2v) is 10.6. The number of fused-ring (bicyclic) bond motifs is 1. The molecule has 3 amide bonds. The number of amides is 3. The van der Waals surface area contributed by atoms with Crippen LogP contribution >= 0.6 is 22.9 Å². The Balaban J connectivity index is 1.23. The van der Waals surface area contributed by atoms with Crippen LogP contribution in [0.15, 0.2) is 66.0 Å². The maximum Gasteiger partial charge on any atom is 0.322 e. The lowest BCUT2D eigenvalue weighted by atomic mass is 9.93. The number of thiophene rings is 1. The zero-order valence-corrected chi connectivity index (χ0v) is 21.3. The lowest BCUT2D eigenvalue weighted by molar-refractivity contribution is -0.135. The van der Waals surface area contributed by atoms with Crippen molar-refractivity contribution in [3.05, 3.63) is 87.1 Å². The van der Waals surface area contributed by atoms with E-state index in [4.69, 9.17) is 11.6 Å². The average molecular weight is 509 g/mol. The van der Waals surface area contributed by atoms with Crippen LogP contribution in [0.1, 0.15) is 29.0 Å². The maximum atomic E-state index is 13.4. The molecule has 1 saturated heterocycles. The van der Waals surface area contributed by atoms with Crippen molar-refractivity contribution in [1.29, 1.82) is 0 Å². The molecule has 35 heavy (non-hydrogen) atoms. The van der Waals surface area contributed by atoms with Crippen LogP contribution in [0, 0.1) is 0 Å². The van der Waals surface area contributed by atoms with E-state index in [0.717, 1.165) is 13.0 Å². The first-order chi connectivity index (χ1) is 17.0. The Morgan fingerprint density at radius 1 is 1.06 bits per heavy atom. The number of halogens is 1. The zero-order valence-electron chi connectivity index (χ0n) is 19.7. The maximum absolute atomic E-state index is 13.4. The number of anilines is 1. The Kier molecular flexibility index (Phi) is 7.09. The summed E-state index contributed by atoms with van der Waals surface area (Å²) in [5.74, 6) is 0.117. The van der Waals surface area contributed by atoms with Gasteiger partial charge in [-0.05, 0) is 54.1 Å². The molecule has 0 saturated carbocycles. The van der Waals surface area contributed by atoms with Gasteiger partial charge in [-0.3, -0.25) is 9.69 Å². The summed E-state index contributed by atoms with van der Waals surface area (Å²) in [5, 5.41) is 5.65. The van der Waals surface area contributed by atoms with Crippen LogP contribution < -0.4 is 5.32 Å². The minimum absolute atomic E-state index is 0.0818. The van der Waals surface area contributed by atoms with Gasteiger partial charge in [-0.25, -0.2) is 4.79 Å². The molecule has 2 aliphatic heterocycles. The SMILES string of the molecule is C[C@@H]1CN(C(=O)CN2CCc3sccc3[C@H]2c2ccccc2)CCN1C(=O)Nc1cccc(Cl)c1. The van der Waals surface area contributed by atoms with E-state index in [-0.39, 0.29) is 24.0 Å². The van der Waals surface area contributed by atoms with E-state index in [0.29, 0.717) is 36.9 Å². The molecule has 0 aliphatic carbocycles. The highest BCUT2D eigenvalue weighted by molar-refractivity contribution is 7.10. The van der Waals surface area contributed by atoms with E-state index in [9.17, 15) is 9.59 Å². The summed E-state index contributed by atoms with van der Waals surface area (Å²) in [6.07, 6.45) is 0.970. The van der Waals surface area contributed by atoms with Crippen molar-refractivity contribution in [3.8, 4) is 0 Å². The molecule has 2 atom stereocenters. The van der Waals surface area contributed by atoms with Crippen LogP contribution in [0.3, 0.4) is 0 Å². The highest BCUT2D eigenvalue weighted by atomic mass is 35.5. The fourth-order valence-corrected chi connectivity index (χ4v) is 6.18. The first-order valence-corrected chi connectivity index (χ1v) is 13.2. The number of rotatable bonds is 4. The van der Waals surface area contributed by atoms with Gasteiger partial charge >= 0.3 is 6.03 Å². The summed E-state index contributed by atoms with van der Waals surface area (Å²) in [5.41, 5.74) is 3.20. The van der Waals surface area contributed by atoms with Crippen molar-refractivity contribution in [2.75, 3.05) is 38.0 Å². The molecule has 2 aromatic carbocycles. The largest absolute Gasteiger partial charge is 0.338 e. The van der Waals surface area contributed by atoms with Gasteiger partial charge in [-0.15, -0.1) is 11.3 Å². The normalized spacial score (nSPS) is 20.4. The van der Waals surface area contributed by atoms with Crippen molar-refractivity contribution in [3.63, 3.8) is 0 Å². The number of carbonyl (C=O) groups excluding carboxylic acids is 2. The Bertz CT molecular complexity index is 1200. The summed E-state index contributed by atoms with van der Waals surface area (Å²) >= 11 is 7.84. The molecule has 182 valence electrons. The van der Waals surface area contributed by atoms with E-state index in [1.807, 2.05) is 24.0 Å². The van der Waals surface area contributed by atoms with Crippen LogP contribution in [-0.2, 0) is 11.2 Å². The minimum atomic E-state index is -0.169. The van der Waals surface area contributed by atoms with E-state index < -0.39 is 0 Å². The monoisotopic (exact) mass is 508 g/mol. The van der Waals surface area contributed by atoms with E-state index in [2.05, 4.69) is 45.9 Å². The third-order valence-corrected chi connectivity index (χ3v) is 8.07. The Morgan fingerprint density at radius 2 is 1.89 bits per heavy atom. The molecule has 0 radical (unpaired) electrons. The van der Waals surface area contributed by atoms with E-state index in [1.165, 1.54) is 16.0 Å². The van der Waals surface area contributed by atoms with Crippen LogP contribution in [0.2, 0.25) is 5.02 Å². The second kappa shape index (κ2) is 10.4. The van der Waals surface area contributed by atoms with Crippen LogP contribution in [-0.4, -0.2) is 65.4 Å². The van der Waals surface area contributed by atoms with Gasteiger partial charge in [-0.1, -0.05) is 48.0 Å². The fraction of sp³-hybridized carbons (Fsp3) is 0.333. The van der Waals surface area contributed by atoms with Gasteiger partial charge < -0.3 is 15.1 Å². The van der Waals surface area contributed by atoms with Crippen molar-refractivity contribution >= 4 is 40.6 Å². The molecule has 0 spiro atoms. The van der Waals surface area contributed by atoms with Gasteiger partial charge in [0.25, 0.3) is 0 Å². The van der Waals surface area contributed by atoms with Gasteiger partial charge in [0, 0.05) is 47.8 Å². The van der Waals surface area contributed by atoms with E-state index >= 15 is 0 Å². The van der Waals surface area contributed by atoms with Gasteiger partial charge in [0.15, 0.2) is 0 Å². The smallest absolute Gasteiger partial charge is 0.322 e. The predicted octanol–water partition coefficient (Wildman–Crippen LogP) is 5.11. The number of urea groups is 1. The standard InChI is InChI=1S/C27H29ClN4O2S/c1-19-17-30(13-14-32(19)27(34)29-22-9-5-8-21(28)16-22)25(33)18-31-12-10-24-23(11-15-35-24)26(31)20-6-3-2-4-7-20/h2-9,11,15-16,19,26H,10,12-14,17-18H2,1H3,(H,29,34)/t19-,26-/m1/s1. The van der Waals surface area contributed by atoms with Crippen molar-refractivity contribution < 1.29 is 9.59 Å². The third-order valence-electron chi connectivity index (χ3n) is 6.84. The molecule has 1 fully saturated rings. The van der Waals surface area contributed by atoms with Crippen molar-refractivity contribution in [2.45, 2.75) is 25.4 Å². The van der Waals surface area contributed by atoms with Crippen LogP contribution in [0.25, 0.3) is 0 Å². The Labute approximate surface area is 215 Å². The Morgan fingerprint density at radius 3 is 2.66 bits per heavy atom. The number of hydrogen-bond acceptors (Lipinski definition) is 4. The molecule has 2 aliphatic rings. The summed E-state index contributed by atoms with van der Waals surface area (Å²) < 4.78 is 0. The minimum Gasteiger partial charge on any atom is -0.338 e. The summed E-state index contributed by atoms with van der Waals surface area (Å²) in [4.78, 5) is 33.6. The number of piperazine rings is 1. The van der Waals surface area contributed by atoms with Gasteiger partial charge in [0.1, 0.15) is 0 Å². The molecule has 1 aromatic heterocycles. The topological polar surface area (TPSA) is 55.9 Å². The quantitative estimate of drug-likeness (QED) is 0.532. The number of carbonyl (C=O) groups is 2. The number of nitrogens with one attached hydrogen (secondary N) is 1. The van der Waals surface area contributed by atoms with Gasteiger partial charge in [0.05, 0.1) is 12.6 Å². The summed E-state index contributed by atoms with van der Waals surface area (Å²) in [6, 6.07) is 19.6. The number of benzene rings is 2. The number of hydrogen-bond donors (Lipinski definition) is 1. The van der Waals surface area contributed by atoms with Gasteiger partial charge in [-0.2, -0.15) is 0 Å². The van der Waals surface area contributed by atoms with Gasteiger partial charge in [0.2, 0.25) is 5.91 Å². The van der Waals surface area contributed by atoms with Crippen molar-refractivity contribution in [1.82, 2.24) is 14.7 Å². The molecule has 3 heterocycles. The lowest BCUT2D eigenvalue weighted by Gasteiger charge is -2.41. The first kappa shape index (κ1) is 23.9. The summed E-state index contributed by atoms with van der Waals surface area (Å²) in [7, 11) is 0. The molecule has 0 unspecified atom stereocenters. The molecule has 1 N–H and O–H groups in total. The summed E-state index contributed by atoms with van der Waals surface area (Å²) in [6.45, 7) is 4.76. The first-order valence-electron chi connectivity index (χ1n) is 12.0. The molecular weight excluding hydrogens is 480 g/mol. The number of nitrogens with zero attached hydrogens (tertiary/aromatic N) is 3. The lowest BCUT2D eigenvalue weighted by Crippen LogP contribution is -2.58. The second-order valence-electron chi connectivity index (χ2n) is 9.16. The average Bonchev–Trinajstić information content (AvgIpc) is 3.33. The highest BCUT2D eigenvalue weighted by Gasteiger charge is 2.34. The van der Waals surface area contributed by atoms with E-state index in [1.54, 1.807) is 34.4 Å². The van der Waals surface area contributed by atoms with Crippen molar-refractivity contribution in [2.24, 2.45) is 0 Å². The molecule has 8 heteroatoms. The Hall–Kier alpha value is -2.87. The zero-order chi connectivity index (χ0) is 24.4.